The highest BCUT2D eigenvalue weighted by Crippen LogP contribution is 2.24. The molecule has 0 bridgehead atoms. The maximum absolute atomic E-state index is 11.6. The monoisotopic (exact) mass is 246 g/mol. The molecule has 5 heteroatoms. The van der Waals surface area contributed by atoms with Gasteiger partial charge in [0.1, 0.15) is 5.82 Å². The molecule has 1 aromatic rings. The first-order chi connectivity index (χ1) is 8.63. The lowest BCUT2D eigenvalue weighted by atomic mass is 10.0. The fraction of sp³-hybridized carbons (Fsp3) is 0.615. The van der Waals surface area contributed by atoms with E-state index in [4.69, 9.17) is 0 Å². The number of rotatable bonds is 3. The molecule has 0 aliphatic carbocycles. The number of hydrogen-bond acceptors (Lipinski definition) is 3. The van der Waals surface area contributed by atoms with Crippen LogP contribution in [0, 0.1) is 17.8 Å². The third kappa shape index (κ3) is 2.37. The van der Waals surface area contributed by atoms with Gasteiger partial charge in [0.2, 0.25) is 0 Å². The topological polar surface area (TPSA) is 59.8 Å². The molecular formula is C13H18N4O. The first-order valence-electron chi connectivity index (χ1n) is 6.28. The summed E-state index contributed by atoms with van der Waals surface area (Å²) in [6.45, 7) is 6.71. The van der Waals surface area contributed by atoms with Crippen LogP contribution in [0.15, 0.2) is 0 Å². The lowest BCUT2D eigenvalue weighted by molar-refractivity contribution is -0.116. The Labute approximate surface area is 107 Å². The second kappa shape index (κ2) is 5.21. The van der Waals surface area contributed by atoms with Crippen molar-refractivity contribution in [3.05, 3.63) is 11.6 Å². The maximum atomic E-state index is 11.6. The zero-order valence-corrected chi connectivity index (χ0v) is 11.0. The molecule has 0 saturated carbocycles. The molecule has 1 aliphatic rings. The molecular weight excluding hydrogens is 228 g/mol. The summed E-state index contributed by atoms with van der Waals surface area (Å²) in [5.74, 6) is 6.97. The fourth-order valence-corrected chi connectivity index (χ4v) is 2.22. The first-order valence-corrected chi connectivity index (χ1v) is 6.28. The van der Waals surface area contributed by atoms with E-state index in [1.54, 1.807) is 6.92 Å². The van der Waals surface area contributed by atoms with Crippen LogP contribution in [0.5, 0.6) is 0 Å². The van der Waals surface area contributed by atoms with E-state index in [1.807, 2.05) is 0 Å². The van der Waals surface area contributed by atoms with E-state index in [0.29, 0.717) is 0 Å². The summed E-state index contributed by atoms with van der Waals surface area (Å²) in [7, 11) is 0. The van der Waals surface area contributed by atoms with E-state index in [2.05, 4.69) is 45.8 Å². The molecule has 2 rings (SSSR count). The van der Waals surface area contributed by atoms with E-state index >= 15 is 0 Å². The molecule has 18 heavy (non-hydrogen) atoms. The van der Waals surface area contributed by atoms with Crippen LogP contribution in [0.2, 0.25) is 0 Å². The summed E-state index contributed by atoms with van der Waals surface area (Å²) < 4.78 is 2.12. The van der Waals surface area contributed by atoms with Crippen LogP contribution in [0.4, 0.5) is 0 Å². The van der Waals surface area contributed by atoms with Gasteiger partial charge in [0.05, 0.1) is 6.04 Å². The molecule has 1 unspecified atom stereocenters. The van der Waals surface area contributed by atoms with Crippen molar-refractivity contribution in [2.45, 2.75) is 46.2 Å². The minimum absolute atomic E-state index is 0.127. The van der Waals surface area contributed by atoms with Crippen molar-refractivity contribution in [3.63, 3.8) is 0 Å². The van der Waals surface area contributed by atoms with Crippen LogP contribution in [-0.4, -0.2) is 20.7 Å². The highest BCUT2D eigenvalue weighted by atomic mass is 16.1. The summed E-state index contributed by atoms with van der Waals surface area (Å²) in [5, 5.41) is 11.3. The van der Waals surface area contributed by atoms with Gasteiger partial charge >= 0.3 is 0 Å². The van der Waals surface area contributed by atoms with Gasteiger partial charge in [-0.25, -0.2) is 0 Å². The molecule has 0 saturated heterocycles. The second-order valence-electron chi connectivity index (χ2n) is 4.80. The molecule has 1 aliphatic heterocycles. The number of nitrogens with zero attached hydrogens (tertiary/aromatic N) is 3. The molecule has 1 atom stereocenters. The van der Waals surface area contributed by atoms with Crippen molar-refractivity contribution in [1.29, 1.82) is 0 Å². The number of amides is 1. The smallest absolute Gasteiger partial charge is 0.296 e. The van der Waals surface area contributed by atoms with Gasteiger partial charge < -0.3 is 9.88 Å². The molecule has 0 radical (unpaired) electrons. The SMILES string of the molecule is CC#CC(=O)NC(c1nnc2n1CCC2)C(C)C. The van der Waals surface area contributed by atoms with Gasteiger partial charge in [-0.15, -0.1) is 10.2 Å². The predicted octanol–water partition coefficient (Wildman–Crippen LogP) is 1.06. The second-order valence-corrected chi connectivity index (χ2v) is 4.80. The zero-order valence-electron chi connectivity index (χ0n) is 11.0. The Morgan fingerprint density at radius 3 is 2.89 bits per heavy atom. The predicted molar refractivity (Wildman–Crippen MR) is 67.5 cm³/mol. The van der Waals surface area contributed by atoms with E-state index < -0.39 is 0 Å². The highest BCUT2D eigenvalue weighted by Gasteiger charge is 2.27. The Balaban J connectivity index is 2.24. The minimum Gasteiger partial charge on any atom is -0.335 e. The molecule has 2 heterocycles. The van der Waals surface area contributed by atoms with Crippen molar-refractivity contribution < 1.29 is 4.79 Å². The Bertz CT molecular complexity index is 507. The van der Waals surface area contributed by atoms with Gasteiger partial charge in [-0.05, 0) is 25.2 Å². The molecule has 0 spiro atoms. The van der Waals surface area contributed by atoms with Gasteiger partial charge in [0, 0.05) is 13.0 Å². The van der Waals surface area contributed by atoms with Gasteiger partial charge in [-0.1, -0.05) is 19.8 Å². The maximum Gasteiger partial charge on any atom is 0.296 e. The number of aryl methyl sites for hydroxylation is 1. The molecule has 96 valence electrons. The number of carbonyl (C=O) groups is 1. The molecule has 1 amide bonds. The molecule has 0 aromatic carbocycles. The van der Waals surface area contributed by atoms with Crippen molar-refractivity contribution in [3.8, 4) is 11.8 Å². The minimum atomic E-state index is -0.258. The standard InChI is InChI=1S/C13H18N4O/c1-4-6-11(18)14-12(9(2)3)13-16-15-10-7-5-8-17(10)13/h9,12H,5,7-8H2,1-3H3,(H,14,18). The highest BCUT2D eigenvalue weighted by molar-refractivity contribution is 5.93. The van der Waals surface area contributed by atoms with Crippen LogP contribution in [0.3, 0.4) is 0 Å². The lowest BCUT2D eigenvalue weighted by Crippen LogP contribution is -2.32. The van der Waals surface area contributed by atoms with Crippen LogP contribution in [0.25, 0.3) is 0 Å². The molecule has 1 aromatic heterocycles. The number of aromatic nitrogens is 3. The Kier molecular flexibility index (Phi) is 3.66. The third-order valence-corrected chi connectivity index (χ3v) is 3.11. The summed E-state index contributed by atoms with van der Waals surface area (Å²) in [5.41, 5.74) is 0. The largest absolute Gasteiger partial charge is 0.335 e. The Morgan fingerprint density at radius 1 is 1.44 bits per heavy atom. The Morgan fingerprint density at radius 2 is 2.22 bits per heavy atom. The van der Waals surface area contributed by atoms with Crippen LogP contribution < -0.4 is 5.32 Å². The summed E-state index contributed by atoms with van der Waals surface area (Å²) >= 11 is 0. The number of fused-ring (bicyclic) bond motifs is 1. The van der Waals surface area contributed by atoms with Crippen LogP contribution in [0.1, 0.15) is 44.9 Å². The van der Waals surface area contributed by atoms with Gasteiger partial charge in [-0.2, -0.15) is 0 Å². The summed E-state index contributed by atoms with van der Waals surface area (Å²) in [6, 6.07) is -0.127. The zero-order chi connectivity index (χ0) is 13.1. The number of carbonyl (C=O) groups excluding carboxylic acids is 1. The molecule has 0 fully saturated rings. The quantitative estimate of drug-likeness (QED) is 0.811. The average Bonchev–Trinajstić information content (AvgIpc) is 2.88. The van der Waals surface area contributed by atoms with Gasteiger partial charge in [0.15, 0.2) is 5.82 Å². The Hall–Kier alpha value is -1.83. The van der Waals surface area contributed by atoms with E-state index in [0.717, 1.165) is 31.0 Å². The summed E-state index contributed by atoms with van der Waals surface area (Å²) in [6.07, 6.45) is 2.08. The fourth-order valence-electron chi connectivity index (χ4n) is 2.22. The third-order valence-electron chi connectivity index (χ3n) is 3.11. The van der Waals surface area contributed by atoms with E-state index in [9.17, 15) is 4.79 Å². The van der Waals surface area contributed by atoms with Gasteiger partial charge in [-0.3, -0.25) is 4.79 Å². The van der Waals surface area contributed by atoms with Crippen LogP contribution in [-0.2, 0) is 17.8 Å². The molecule has 5 nitrogen and oxygen atoms in total. The van der Waals surface area contributed by atoms with E-state index in [-0.39, 0.29) is 17.9 Å². The van der Waals surface area contributed by atoms with Crippen molar-refractivity contribution in [2.75, 3.05) is 0 Å². The molecule has 1 N–H and O–H groups in total. The lowest BCUT2D eigenvalue weighted by Gasteiger charge is -2.20. The number of nitrogens with one attached hydrogen (secondary N) is 1. The number of hydrogen-bond donors (Lipinski definition) is 1. The van der Waals surface area contributed by atoms with Crippen LogP contribution >= 0.6 is 0 Å². The van der Waals surface area contributed by atoms with Crippen molar-refractivity contribution >= 4 is 5.91 Å². The van der Waals surface area contributed by atoms with Crippen molar-refractivity contribution in [1.82, 2.24) is 20.1 Å². The van der Waals surface area contributed by atoms with Crippen molar-refractivity contribution in [2.24, 2.45) is 5.92 Å². The van der Waals surface area contributed by atoms with Gasteiger partial charge in [0.25, 0.3) is 5.91 Å². The van der Waals surface area contributed by atoms with E-state index in [1.165, 1.54) is 0 Å². The first kappa shape index (κ1) is 12.6. The normalized spacial score (nSPS) is 14.9. The summed E-state index contributed by atoms with van der Waals surface area (Å²) in [4.78, 5) is 11.6. The average molecular weight is 246 g/mol.